The van der Waals surface area contributed by atoms with Crippen LogP contribution in [-0.4, -0.2) is 23.8 Å². The summed E-state index contributed by atoms with van der Waals surface area (Å²) < 4.78 is 82.5. The van der Waals surface area contributed by atoms with Crippen LogP contribution in [0.5, 0.6) is 5.75 Å². The van der Waals surface area contributed by atoms with Crippen molar-refractivity contribution >= 4 is 21.7 Å². The Hall–Kier alpha value is -3.23. The van der Waals surface area contributed by atoms with Gasteiger partial charge in [-0.1, -0.05) is 6.07 Å². The second-order valence-corrected chi connectivity index (χ2v) is 6.26. The summed E-state index contributed by atoms with van der Waals surface area (Å²) >= 11 is 2.81. The van der Waals surface area contributed by atoms with Gasteiger partial charge in [-0.2, -0.15) is 19.3 Å². The second kappa shape index (κ2) is 8.25. The second-order valence-electron chi connectivity index (χ2n) is 5.41. The molecule has 0 saturated heterocycles. The number of alkyl halides is 6. The van der Waals surface area contributed by atoms with E-state index in [9.17, 15) is 41.7 Å². The molecule has 1 heterocycles. The van der Waals surface area contributed by atoms with E-state index in [1.807, 2.05) is 0 Å². The Balaban J connectivity index is 2.49. The average molecular weight is 497 g/mol. The van der Waals surface area contributed by atoms with E-state index in [0.29, 0.717) is 0 Å². The number of halogens is 7. The van der Waals surface area contributed by atoms with Gasteiger partial charge in [0.05, 0.1) is 4.47 Å². The number of nitriles is 2. The van der Waals surface area contributed by atoms with Gasteiger partial charge in [-0.3, -0.25) is 4.79 Å². The van der Waals surface area contributed by atoms with E-state index in [2.05, 4.69) is 30.4 Å². The molecular formula is C16H7BrF6N4O3. The summed E-state index contributed by atoms with van der Waals surface area (Å²) in [6.45, 7) is 0. The third-order valence-corrected chi connectivity index (χ3v) is 4.06. The summed E-state index contributed by atoms with van der Waals surface area (Å²) in [5, 5.41) is 18.5. The van der Waals surface area contributed by atoms with E-state index in [4.69, 9.17) is 5.73 Å². The lowest BCUT2D eigenvalue weighted by Crippen LogP contribution is -2.41. The lowest BCUT2D eigenvalue weighted by atomic mass is 9.96. The summed E-state index contributed by atoms with van der Waals surface area (Å²) in [5.41, 5.74) is 3.60. The summed E-state index contributed by atoms with van der Waals surface area (Å²) in [4.78, 5) is 14.0. The van der Waals surface area contributed by atoms with E-state index < -0.39 is 35.7 Å². The van der Waals surface area contributed by atoms with Crippen molar-refractivity contribution in [3.8, 4) is 29.0 Å². The van der Waals surface area contributed by atoms with Gasteiger partial charge in [0, 0.05) is 5.56 Å². The van der Waals surface area contributed by atoms with Crippen LogP contribution in [0, 0.1) is 22.7 Å². The Morgan fingerprint density at radius 3 is 2.23 bits per heavy atom. The number of nitrogens with zero attached hydrogens (tertiary/aromatic N) is 2. The molecule has 0 spiro atoms. The fraction of sp³-hybridized carbons (Fsp3) is 0.188. The van der Waals surface area contributed by atoms with Gasteiger partial charge in [-0.15, -0.1) is 13.2 Å². The molecule has 3 N–H and O–H groups in total. The summed E-state index contributed by atoms with van der Waals surface area (Å²) in [5.74, 6) is -1.16. The van der Waals surface area contributed by atoms with E-state index in [0.717, 1.165) is 18.2 Å². The smallest absolute Gasteiger partial charge is 0.427 e. The van der Waals surface area contributed by atoms with Crippen molar-refractivity contribution in [2.24, 2.45) is 0 Å². The molecule has 0 amide bonds. The number of nitrogens with one attached hydrogen (secondary N) is 1. The van der Waals surface area contributed by atoms with Crippen LogP contribution in [0.2, 0.25) is 0 Å². The largest absolute Gasteiger partial charge is 0.525 e. The maximum absolute atomic E-state index is 13.6. The predicted molar refractivity (Wildman–Crippen MR) is 91.7 cm³/mol. The summed E-state index contributed by atoms with van der Waals surface area (Å²) in [6.07, 6.45) is -14.9. The van der Waals surface area contributed by atoms with Crippen LogP contribution in [0.3, 0.4) is 0 Å². The van der Waals surface area contributed by atoms with Crippen LogP contribution >= 0.6 is 15.9 Å². The first-order valence-electron chi connectivity index (χ1n) is 7.42. The number of benzene rings is 1. The van der Waals surface area contributed by atoms with Crippen LogP contribution < -0.4 is 16.0 Å². The Morgan fingerprint density at radius 1 is 1.13 bits per heavy atom. The van der Waals surface area contributed by atoms with Crippen LogP contribution in [-0.2, 0) is 4.74 Å². The molecule has 7 nitrogen and oxygen atoms in total. The van der Waals surface area contributed by atoms with Crippen molar-refractivity contribution < 1.29 is 35.8 Å². The molecule has 1 aromatic carbocycles. The first-order chi connectivity index (χ1) is 13.8. The van der Waals surface area contributed by atoms with Gasteiger partial charge in [-0.05, 0) is 33.6 Å². The van der Waals surface area contributed by atoms with Crippen LogP contribution in [0.4, 0.5) is 32.2 Å². The first-order valence-corrected chi connectivity index (χ1v) is 8.21. The number of rotatable bonds is 5. The first kappa shape index (κ1) is 23.1. The molecule has 158 valence electrons. The summed E-state index contributed by atoms with van der Waals surface area (Å²) in [6, 6.07) is 6.07. The van der Waals surface area contributed by atoms with Crippen LogP contribution in [0.1, 0.15) is 11.1 Å². The van der Waals surface area contributed by atoms with Gasteiger partial charge < -0.3 is 15.5 Å². The van der Waals surface area contributed by atoms with Gasteiger partial charge in [0.2, 0.25) is 0 Å². The molecule has 0 radical (unpaired) electrons. The number of aromatic amines is 1. The highest BCUT2D eigenvalue weighted by Crippen LogP contribution is 2.38. The van der Waals surface area contributed by atoms with Crippen molar-refractivity contribution in [2.75, 3.05) is 5.73 Å². The maximum atomic E-state index is 13.6. The molecule has 0 aliphatic carbocycles. The van der Waals surface area contributed by atoms with Crippen LogP contribution in [0.15, 0.2) is 27.5 Å². The van der Waals surface area contributed by atoms with Gasteiger partial charge in [0.25, 0.3) is 5.56 Å². The predicted octanol–water partition coefficient (Wildman–Crippen LogP) is 3.93. The van der Waals surface area contributed by atoms with Crippen LogP contribution in [0.25, 0.3) is 11.1 Å². The Morgan fingerprint density at radius 2 is 1.73 bits per heavy atom. The van der Waals surface area contributed by atoms with Gasteiger partial charge >= 0.3 is 18.8 Å². The topological polar surface area (TPSA) is 125 Å². The number of hydrogen-bond donors (Lipinski definition) is 2. The molecule has 0 bridgehead atoms. The molecule has 30 heavy (non-hydrogen) atoms. The monoisotopic (exact) mass is 496 g/mol. The zero-order valence-electron chi connectivity index (χ0n) is 14.2. The van der Waals surface area contributed by atoms with E-state index in [-0.39, 0.29) is 27.0 Å². The quantitative estimate of drug-likeness (QED) is 0.604. The Kier molecular flexibility index (Phi) is 6.34. The van der Waals surface area contributed by atoms with E-state index in [1.54, 1.807) is 12.1 Å². The SMILES string of the molecule is N#Cc1c(N)[nH]c(=O)c(C#N)c1-c1ccc(OC(F)(F)C(F)OC(F)(F)F)c(Br)c1. The number of ether oxygens (including phenoxy) is 2. The van der Waals surface area contributed by atoms with Gasteiger partial charge in [0.1, 0.15) is 34.8 Å². The lowest BCUT2D eigenvalue weighted by Gasteiger charge is -2.23. The van der Waals surface area contributed by atoms with Crippen molar-refractivity contribution in [1.82, 2.24) is 4.98 Å². The number of nitrogens with two attached hydrogens (primary N) is 1. The minimum atomic E-state index is -5.67. The molecule has 2 rings (SSSR count). The minimum Gasteiger partial charge on any atom is -0.427 e. The molecule has 1 atom stereocenters. The molecule has 0 aliphatic heterocycles. The average Bonchev–Trinajstić information content (AvgIpc) is 2.61. The molecule has 1 aromatic heterocycles. The number of nitrogen functional groups attached to an aromatic ring is 1. The number of pyridine rings is 1. The van der Waals surface area contributed by atoms with Crippen molar-refractivity contribution in [3.63, 3.8) is 0 Å². The normalized spacial score (nSPS) is 12.7. The minimum absolute atomic E-state index is 0.0215. The van der Waals surface area contributed by atoms with E-state index in [1.165, 1.54) is 0 Å². The fourth-order valence-electron chi connectivity index (χ4n) is 2.25. The molecule has 0 saturated carbocycles. The Labute approximate surface area is 171 Å². The highest BCUT2D eigenvalue weighted by molar-refractivity contribution is 9.10. The van der Waals surface area contributed by atoms with Crippen molar-refractivity contribution in [1.29, 1.82) is 10.5 Å². The molecule has 2 aromatic rings. The zero-order valence-corrected chi connectivity index (χ0v) is 15.7. The lowest BCUT2D eigenvalue weighted by molar-refractivity contribution is -0.411. The van der Waals surface area contributed by atoms with Gasteiger partial charge in [-0.25, -0.2) is 9.13 Å². The number of anilines is 1. The Bertz CT molecular complexity index is 1120. The molecule has 1 unspecified atom stereocenters. The standard InChI is InChI=1S/C16H7BrF6N4O3/c17-9-3-6(11-7(4-24)12(26)27-13(28)8(11)5-25)1-2-10(9)29-15(19,20)14(18)30-16(21,22)23/h1-3,14H,(H3,26,27,28). The maximum Gasteiger partial charge on any atom is 0.525 e. The number of aromatic nitrogens is 1. The van der Waals surface area contributed by atoms with Gasteiger partial charge in [0.15, 0.2) is 0 Å². The zero-order chi connectivity index (χ0) is 22.9. The fourth-order valence-corrected chi connectivity index (χ4v) is 2.71. The number of H-pyrrole nitrogens is 1. The number of hydrogen-bond acceptors (Lipinski definition) is 6. The van der Waals surface area contributed by atoms with Crippen molar-refractivity contribution in [3.05, 3.63) is 44.2 Å². The molecular weight excluding hydrogens is 490 g/mol. The van der Waals surface area contributed by atoms with E-state index >= 15 is 0 Å². The highest BCUT2D eigenvalue weighted by Gasteiger charge is 2.50. The molecule has 0 fully saturated rings. The third kappa shape index (κ3) is 4.84. The molecule has 14 heteroatoms. The summed E-state index contributed by atoms with van der Waals surface area (Å²) in [7, 11) is 0. The molecule has 0 aliphatic rings. The van der Waals surface area contributed by atoms with Crippen molar-refractivity contribution in [2.45, 2.75) is 18.8 Å². The third-order valence-electron chi connectivity index (χ3n) is 3.44. The highest BCUT2D eigenvalue weighted by atomic mass is 79.9.